The van der Waals surface area contributed by atoms with Gasteiger partial charge in [0.25, 0.3) is 0 Å². The van der Waals surface area contributed by atoms with E-state index in [0.29, 0.717) is 17.2 Å². The quantitative estimate of drug-likeness (QED) is 0.820. The Hall–Kier alpha value is -0.740. The lowest BCUT2D eigenvalue weighted by atomic mass is 10.1. The van der Waals surface area contributed by atoms with E-state index < -0.39 is 0 Å². The third-order valence-electron chi connectivity index (χ3n) is 2.90. The van der Waals surface area contributed by atoms with Crippen LogP contribution in [-0.2, 0) is 0 Å². The molecular formula is C14H22FNOS. The van der Waals surface area contributed by atoms with Gasteiger partial charge in [0, 0.05) is 17.7 Å². The first-order valence-corrected chi connectivity index (χ1v) is 7.53. The fourth-order valence-corrected chi connectivity index (χ4v) is 2.50. The molecule has 1 aromatic rings. The Kier molecular flexibility index (Phi) is 6.50. The summed E-state index contributed by atoms with van der Waals surface area (Å²) in [6.07, 6.45) is 2.10. The van der Waals surface area contributed by atoms with Crippen molar-refractivity contribution in [2.45, 2.75) is 19.9 Å². The lowest BCUT2D eigenvalue weighted by Gasteiger charge is -2.18. The highest BCUT2D eigenvalue weighted by Crippen LogP contribution is 2.21. The molecule has 2 nitrogen and oxygen atoms in total. The van der Waals surface area contributed by atoms with Crippen LogP contribution in [0.5, 0.6) is 5.75 Å². The van der Waals surface area contributed by atoms with Gasteiger partial charge in [-0.2, -0.15) is 11.8 Å². The number of hydrogen-bond donors (Lipinski definition) is 1. The standard InChI is InChI=1S/C14H22FNOS/c1-10(9-18-4)8-16-11(2)13-6-5-12(17-3)7-14(13)15/h5-7,10-11,16H,8-9H2,1-4H3. The van der Waals surface area contributed by atoms with Gasteiger partial charge in [-0.15, -0.1) is 0 Å². The predicted octanol–water partition coefficient (Wildman–Crippen LogP) is 3.48. The second-order valence-corrected chi connectivity index (χ2v) is 5.49. The number of thioether (sulfide) groups is 1. The van der Waals surface area contributed by atoms with Gasteiger partial charge in [-0.3, -0.25) is 0 Å². The van der Waals surface area contributed by atoms with Gasteiger partial charge in [0.2, 0.25) is 0 Å². The van der Waals surface area contributed by atoms with E-state index in [4.69, 9.17) is 4.74 Å². The van der Waals surface area contributed by atoms with Crippen molar-refractivity contribution in [1.29, 1.82) is 0 Å². The molecule has 0 aliphatic carbocycles. The number of methoxy groups -OCH3 is 1. The van der Waals surface area contributed by atoms with E-state index in [1.54, 1.807) is 19.2 Å². The van der Waals surface area contributed by atoms with Crippen molar-refractivity contribution in [1.82, 2.24) is 5.32 Å². The summed E-state index contributed by atoms with van der Waals surface area (Å²) in [7, 11) is 1.54. The molecule has 0 fully saturated rings. The molecule has 18 heavy (non-hydrogen) atoms. The molecule has 0 aliphatic heterocycles. The highest BCUT2D eigenvalue weighted by atomic mass is 32.2. The summed E-state index contributed by atoms with van der Waals surface area (Å²) in [6, 6.07) is 5.02. The van der Waals surface area contributed by atoms with Crippen LogP contribution < -0.4 is 10.1 Å². The molecule has 2 atom stereocenters. The highest BCUT2D eigenvalue weighted by Gasteiger charge is 2.12. The molecular weight excluding hydrogens is 249 g/mol. The van der Waals surface area contributed by atoms with Crippen LogP contribution in [0.25, 0.3) is 0 Å². The van der Waals surface area contributed by atoms with E-state index in [9.17, 15) is 4.39 Å². The van der Waals surface area contributed by atoms with Crippen LogP contribution in [0, 0.1) is 11.7 Å². The fraction of sp³-hybridized carbons (Fsp3) is 0.571. The van der Waals surface area contributed by atoms with E-state index >= 15 is 0 Å². The van der Waals surface area contributed by atoms with E-state index in [0.717, 1.165) is 12.3 Å². The average Bonchev–Trinajstić information content (AvgIpc) is 2.36. The molecule has 0 aromatic heterocycles. The van der Waals surface area contributed by atoms with Crippen LogP contribution in [0.2, 0.25) is 0 Å². The molecule has 0 heterocycles. The third-order valence-corrected chi connectivity index (χ3v) is 3.80. The molecule has 0 aliphatic rings. The van der Waals surface area contributed by atoms with E-state index in [1.807, 2.05) is 18.7 Å². The van der Waals surface area contributed by atoms with Crippen LogP contribution >= 0.6 is 11.8 Å². The molecule has 0 saturated carbocycles. The number of nitrogens with one attached hydrogen (secondary N) is 1. The summed E-state index contributed by atoms with van der Waals surface area (Å²) in [5, 5.41) is 3.37. The topological polar surface area (TPSA) is 21.3 Å². The lowest BCUT2D eigenvalue weighted by molar-refractivity contribution is 0.409. The maximum atomic E-state index is 13.8. The molecule has 2 unspecified atom stereocenters. The van der Waals surface area contributed by atoms with Crippen molar-refractivity contribution < 1.29 is 9.13 Å². The molecule has 1 N–H and O–H groups in total. The van der Waals surface area contributed by atoms with Gasteiger partial charge in [-0.25, -0.2) is 4.39 Å². The Morgan fingerprint density at radius 3 is 2.67 bits per heavy atom. The fourth-order valence-electron chi connectivity index (χ4n) is 1.82. The summed E-state index contributed by atoms with van der Waals surface area (Å²) in [6.45, 7) is 5.07. The first-order valence-electron chi connectivity index (χ1n) is 6.14. The SMILES string of the molecule is COc1ccc(C(C)NCC(C)CSC)c(F)c1. The van der Waals surface area contributed by atoms with Gasteiger partial charge >= 0.3 is 0 Å². The first kappa shape index (κ1) is 15.3. The minimum Gasteiger partial charge on any atom is -0.497 e. The smallest absolute Gasteiger partial charge is 0.131 e. The molecule has 4 heteroatoms. The molecule has 1 aromatic carbocycles. The van der Waals surface area contributed by atoms with Gasteiger partial charge in [-0.05, 0) is 37.5 Å². The van der Waals surface area contributed by atoms with Gasteiger partial charge < -0.3 is 10.1 Å². The zero-order chi connectivity index (χ0) is 13.5. The molecule has 102 valence electrons. The normalized spacial score (nSPS) is 14.3. The number of rotatable bonds is 7. The summed E-state index contributed by atoms with van der Waals surface area (Å²) < 4.78 is 18.8. The molecule has 0 amide bonds. The van der Waals surface area contributed by atoms with E-state index in [1.165, 1.54) is 6.07 Å². The Morgan fingerprint density at radius 1 is 1.39 bits per heavy atom. The summed E-state index contributed by atoms with van der Waals surface area (Å²) in [4.78, 5) is 0. The van der Waals surface area contributed by atoms with Crippen molar-refractivity contribution >= 4 is 11.8 Å². The number of hydrogen-bond acceptors (Lipinski definition) is 3. The number of halogens is 1. The van der Waals surface area contributed by atoms with Crippen LogP contribution in [-0.4, -0.2) is 25.7 Å². The monoisotopic (exact) mass is 271 g/mol. The highest BCUT2D eigenvalue weighted by molar-refractivity contribution is 7.98. The van der Waals surface area contributed by atoms with Gasteiger partial charge in [0.1, 0.15) is 11.6 Å². The van der Waals surface area contributed by atoms with Crippen LogP contribution in [0.15, 0.2) is 18.2 Å². The molecule has 0 saturated heterocycles. The Morgan fingerprint density at radius 2 is 2.11 bits per heavy atom. The zero-order valence-corrected chi connectivity index (χ0v) is 12.3. The van der Waals surface area contributed by atoms with Crippen molar-refractivity contribution in [2.75, 3.05) is 25.7 Å². The van der Waals surface area contributed by atoms with Crippen LogP contribution in [0.3, 0.4) is 0 Å². The molecule has 0 radical (unpaired) electrons. The second-order valence-electron chi connectivity index (χ2n) is 4.58. The van der Waals surface area contributed by atoms with Crippen LogP contribution in [0.4, 0.5) is 4.39 Å². The molecule has 1 rings (SSSR count). The zero-order valence-electron chi connectivity index (χ0n) is 11.5. The largest absolute Gasteiger partial charge is 0.497 e. The summed E-state index contributed by atoms with van der Waals surface area (Å²) >= 11 is 1.83. The molecule has 0 bridgehead atoms. The Bertz CT molecular complexity index is 373. The Balaban J connectivity index is 2.58. The van der Waals surface area contributed by atoms with Gasteiger partial charge in [0.05, 0.1) is 7.11 Å². The lowest BCUT2D eigenvalue weighted by Crippen LogP contribution is -2.26. The van der Waals surface area contributed by atoms with E-state index in [-0.39, 0.29) is 11.9 Å². The number of benzene rings is 1. The van der Waals surface area contributed by atoms with Crippen molar-refractivity contribution in [3.63, 3.8) is 0 Å². The van der Waals surface area contributed by atoms with Gasteiger partial charge in [-0.1, -0.05) is 13.0 Å². The third kappa shape index (κ3) is 4.50. The van der Waals surface area contributed by atoms with Crippen LogP contribution in [0.1, 0.15) is 25.5 Å². The van der Waals surface area contributed by atoms with Crippen molar-refractivity contribution in [3.05, 3.63) is 29.6 Å². The predicted molar refractivity (Wildman–Crippen MR) is 76.9 cm³/mol. The van der Waals surface area contributed by atoms with E-state index in [2.05, 4.69) is 18.5 Å². The van der Waals surface area contributed by atoms with Crippen molar-refractivity contribution in [3.8, 4) is 5.75 Å². The minimum absolute atomic E-state index is 0.0141. The minimum atomic E-state index is -0.216. The van der Waals surface area contributed by atoms with Crippen molar-refractivity contribution in [2.24, 2.45) is 5.92 Å². The molecule has 0 spiro atoms. The second kappa shape index (κ2) is 7.64. The first-order chi connectivity index (χ1) is 8.58. The maximum absolute atomic E-state index is 13.8. The maximum Gasteiger partial charge on any atom is 0.131 e. The number of ether oxygens (including phenoxy) is 1. The Labute approximate surface area is 113 Å². The average molecular weight is 271 g/mol. The summed E-state index contributed by atoms with van der Waals surface area (Å²) in [5.74, 6) is 2.04. The summed E-state index contributed by atoms with van der Waals surface area (Å²) in [5.41, 5.74) is 0.687. The van der Waals surface area contributed by atoms with Gasteiger partial charge in [0.15, 0.2) is 0 Å².